The number of aromatic nitrogens is 1. The number of carbonyl (C=O) groups excluding carboxylic acids is 2. The number of nitrogens with zero attached hydrogens (tertiary/aromatic N) is 2. The molecule has 4 aromatic rings. The molecule has 0 aliphatic carbocycles. The van der Waals surface area contributed by atoms with Gasteiger partial charge in [-0.15, -0.1) is 22.7 Å². The van der Waals surface area contributed by atoms with Gasteiger partial charge in [-0.3, -0.25) is 14.9 Å². The number of carbonyl (C=O) groups is 2. The molecule has 0 saturated carbocycles. The summed E-state index contributed by atoms with van der Waals surface area (Å²) in [6.45, 7) is 2.02. The molecular formula is C22H19N3O3S2. The van der Waals surface area contributed by atoms with E-state index in [1.807, 2.05) is 19.1 Å². The number of rotatable bonds is 5. The van der Waals surface area contributed by atoms with Crippen molar-refractivity contribution in [3.05, 3.63) is 70.0 Å². The molecule has 0 bridgehead atoms. The van der Waals surface area contributed by atoms with Gasteiger partial charge in [-0.1, -0.05) is 0 Å². The number of benzene rings is 2. The summed E-state index contributed by atoms with van der Waals surface area (Å²) in [4.78, 5) is 31.5. The van der Waals surface area contributed by atoms with Crippen molar-refractivity contribution in [3.63, 3.8) is 0 Å². The van der Waals surface area contributed by atoms with Crippen molar-refractivity contribution >= 4 is 49.7 Å². The Labute approximate surface area is 181 Å². The first-order valence-corrected chi connectivity index (χ1v) is 10.8. The minimum atomic E-state index is -0.241. The fraction of sp³-hybridized carbons (Fsp3) is 0.136. The molecular weight excluding hydrogens is 418 g/mol. The molecule has 2 aromatic heterocycles. The Bertz CT molecular complexity index is 1210. The maximum absolute atomic E-state index is 12.7. The van der Waals surface area contributed by atoms with Crippen LogP contribution in [0.3, 0.4) is 0 Å². The van der Waals surface area contributed by atoms with Gasteiger partial charge in [0.1, 0.15) is 11.5 Å². The predicted molar refractivity (Wildman–Crippen MR) is 121 cm³/mol. The summed E-state index contributed by atoms with van der Waals surface area (Å²) in [5, 5.41) is 6.10. The number of aryl methyl sites for hydroxylation is 1. The van der Waals surface area contributed by atoms with Gasteiger partial charge in [-0.2, -0.15) is 0 Å². The number of ether oxygens (including phenoxy) is 1. The van der Waals surface area contributed by atoms with Crippen LogP contribution in [0, 0.1) is 6.92 Å². The molecule has 0 unspecified atom stereocenters. The summed E-state index contributed by atoms with van der Waals surface area (Å²) < 4.78 is 7.08. The summed E-state index contributed by atoms with van der Waals surface area (Å²) in [7, 11) is 3.43. The Balaban J connectivity index is 1.65. The second kappa shape index (κ2) is 8.25. The van der Waals surface area contributed by atoms with Crippen LogP contribution in [-0.2, 0) is 0 Å². The van der Waals surface area contributed by atoms with Crippen LogP contribution in [0.4, 0.5) is 5.13 Å². The zero-order valence-corrected chi connectivity index (χ0v) is 18.3. The quantitative estimate of drug-likeness (QED) is 0.453. The molecule has 0 spiro atoms. The third-order valence-electron chi connectivity index (χ3n) is 4.37. The van der Waals surface area contributed by atoms with Crippen LogP contribution < -0.4 is 10.1 Å². The van der Waals surface area contributed by atoms with Crippen LogP contribution in [0.25, 0.3) is 10.1 Å². The van der Waals surface area contributed by atoms with E-state index in [2.05, 4.69) is 10.3 Å². The minimum Gasteiger partial charge on any atom is -0.457 e. The lowest BCUT2D eigenvalue weighted by Gasteiger charge is -2.12. The van der Waals surface area contributed by atoms with E-state index < -0.39 is 0 Å². The Morgan fingerprint density at radius 1 is 1.07 bits per heavy atom. The van der Waals surface area contributed by atoms with Crippen molar-refractivity contribution in [1.29, 1.82) is 0 Å². The molecule has 2 heterocycles. The highest BCUT2D eigenvalue weighted by atomic mass is 32.1. The SMILES string of the molecule is Cc1cc2c(Oc3ccc(C(=O)N(C)C)cc3)cc(C(=O)Nc3nccs3)cc2s1. The lowest BCUT2D eigenvalue weighted by Crippen LogP contribution is -2.21. The Morgan fingerprint density at radius 3 is 2.50 bits per heavy atom. The van der Waals surface area contributed by atoms with E-state index >= 15 is 0 Å². The van der Waals surface area contributed by atoms with E-state index in [0.717, 1.165) is 15.0 Å². The predicted octanol–water partition coefficient (Wildman–Crippen LogP) is 5.41. The fourth-order valence-corrected chi connectivity index (χ4v) is 4.46. The molecule has 30 heavy (non-hydrogen) atoms. The van der Waals surface area contributed by atoms with Crippen LogP contribution in [0.2, 0.25) is 0 Å². The highest BCUT2D eigenvalue weighted by Gasteiger charge is 2.15. The van der Waals surface area contributed by atoms with Gasteiger partial charge in [-0.05, 0) is 49.4 Å². The monoisotopic (exact) mass is 437 g/mol. The van der Waals surface area contributed by atoms with Gasteiger partial charge in [-0.25, -0.2) is 4.98 Å². The van der Waals surface area contributed by atoms with Crippen LogP contribution in [-0.4, -0.2) is 35.8 Å². The van der Waals surface area contributed by atoms with E-state index in [1.165, 1.54) is 16.2 Å². The largest absolute Gasteiger partial charge is 0.457 e. The zero-order valence-electron chi connectivity index (χ0n) is 16.6. The van der Waals surface area contributed by atoms with Crippen molar-refractivity contribution in [2.45, 2.75) is 6.92 Å². The summed E-state index contributed by atoms with van der Waals surface area (Å²) in [5.41, 5.74) is 1.08. The Morgan fingerprint density at radius 2 is 1.83 bits per heavy atom. The van der Waals surface area contributed by atoms with E-state index in [0.29, 0.717) is 27.8 Å². The van der Waals surface area contributed by atoms with Crippen LogP contribution in [0.5, 0.6) is 11.5 Å². The maximum Gasteiger partial charge on any atom is 0.257 e. The number of fused-ring (bicyclic) bond motifs is 1. The summed E-state index contributed by atoms with van der Waals surface area (Å²) >= 11 is 2.97. The van der Waals surface area contributed by atoms with Crippen molar-refractivity contribution in [2.24, 2.45) is 0 Å². The molecule has 6 nitrogen and oxygen atoms in total. The molecule has 0 radical (unpaired) electrons. The van der Waals surface area contributed by atoms with Crippen molar-refractivity contribution < 1.29 is 14.3 Å². The molecule has 2 amide bonds. The highest BCUT2D eigenvalue weighted by molar-refractivity contribution is 7.19. The highest BCUT2D eigenvalue weighted by Crippen LogP contribution is 2.36. The fourth-order valence-electron chi connectivity index (χ4n) is 2.95. The molecule has 8 heteroatoms. The van der Waals surface area contributed by atoms with Gasteiger partial charge in [0.05, 0.1) is 0 Å². The average molecular weight is 438 g/mol. The molecule has 0 fully saturated rings. The molecule has 2 aromatic carbocycles. The smallest absolute Gasteiger partial charge is 0.257 e. The van der Waals surface area contributed by atoms with Crippen molar-refractivity contribution in [3.8, 4) is 11.5 Å². The number of hydrogen-bond acceptors (Lipinski definition) is 6. The normalized spacial score (nSPS) is 10.8. The van der Waals surface area contributed by atoms with E-state index in [-0.39, 0.29) is 11.8 Å². The summed E-state index contributed by atoms with van der Waals surface area (Å²) in [6.07, 6.45) is 1.64. The molecule has 4 rings (SSSR count). The molecule has 0 atom stereocenters. The van der Waals surface area contributed by atoms with Crippen LogP contribution >= 0.6 is 22.7 Å². The lowest BCUT2D eigenvalue weighted by atomic mass is 10.1. The topological polar surface area (TPSA) is 71.5 Å². The van der Waals surface area contributed by atoms with Crippen molar-refractivity contribution in [1.82, 2.24) is 9.88 Å². The first-order valence-electron chi connectivity index (χ1n) is 9.15. The van der Waals surface area contributed by atoms with Gasteiger partial charge in [0.2, 0.25) is 0 Å². The van der Waals surface area contributed by atoms with Gasteiger partial charge in [0.15, 0.2) is 5.13 Å². The molecule has 0 saturated heterocycles. The first-order chi connectivity index (χ1) is 14.4. The number of amides is 2. The second-order valence-electron chi connectivity index (χ2n) is 6.86. The summed E-state index contributed by atoms with van der Waals surface area (Å²) in [5.74, 6) is 0.869. The number of thiazole rings is 1. The number of thiophene rings is 1. The van der Waals surface area contributed by atoms with Crippen LogP contribution in [0.15, 0.2) is 54.0 Å². The molecule has 0 aliphatic heterocycles. The first kappa shape index (κ1) is 20.1. The van der Waals surface area contributed by atoms with Gasteiger partial charge < -0.3 is 9.64 Å². The van der Waals surface area contributed by atoms with Gasteiger partial charge >= 0.3 is 0 Å². The Hall–Kier alpha value is -3.23. The maximum atomic E-state index is 12.7. The average Bonchev–Trinajstić information content (AvgIpc) is 3.36. The third-order valence-corrected chi connectivity index (χ3v) is 6.06. The standard InChI is InChI=1S/C22H19N3O3S2/c1-13-10-17-18(28-16-6-4-14(5-7-16)21(27)25(2)3)11-15(12-19(17)30-13)20(26)24-22-23-8-9-29-22/h4-12H,1-3H3,(H,23,24,26). The van der Waals surface area contributed by atoms with E-state index in [9.17, 15) is 9.59 Å². The van der Waals surface area contributed by atoms with E-state index in [4.69, 9.17) is 4.74 Å². The molecule has 0 aliphatic rings. The third kappa shape index (κ3) is 4.19. The zero-order chi connectivity index (χ0) is 21.3. The van der Waals surface area contributed by atoms with Gasteiger partial charge in [0, 0.05) is 51.8 Å². The van der Waals surface area contributed by atoms with Gasteiger partial charge in [0.25, 0.3) is 11.8 Å². The minimum absolute atomic E-state index is 0.0711. The lowest BCUT2D eigenvalue weighted by molar-refractivity contribution is 0.0827. The second-order valence-corrected chi connectivity index (χ2v) is 9.04. The summed E-state index contributed by atoms with van der Waals surface area (Å²) in [6, 6.07) is 12.6. The van der Waals surface area contributed by atoms with Crippen molar-refractivity contribution in [2.75, 3.05) is 19.4 Å². The number of hydrogen-bond donors (Lipinski definition) is 1. The van der Waals surface area contributed by atoms with E-state index in [1.54, 1.807) is 67.3 Å². The molecule has 1 N–H and O–H groups in total. The van der Waals surface area contributed by atoms with Crippen LogP contribution in [0.1, 0.15) is 25.6 Å². The molecule has 152 valence electrons. The number of nitrogens with one attached hydrogen (secondary N) is 1. The number of anilines is 1. The Kier molecular flexibility index (Phi) is 5.52.